The summed E-state index contributed by atoms with van der Waals surface area (Å²) in [5.74, 6) is 0.637. The summed E-state index contributed by atoms with van der Waals surface area (Å²) in [5, 5.41) is 25.8. The summed E-state index contributed by atoms with van der Waals surface area (Å²) >= 11 is 0. The zero-order valence-corrected chi connectivity index (χ0v) is 15.3. The highest BCUT2D eigenvalue weighted by atomic mass is 16.5. The van der Waals surface area contributed by atoms with E-state index in [4.69, 9.17) is 0 Å². The number of benzene rings is 2. The molecule has 134 valence electrons. The standard InChI is InChI=1S/C21H23N3O2/c1-4-19-23(20(15(2)22-25)17-11-7-5-8-12-17)21(16(3)24(19)26)18-13-9-6-10-14-18/h5-14,20,25H,4H2,1-3H3/b22-15-/t20-/m0/s1. The predicted molar refractivity (Wildman–Crippen MR) is 102 cm³/mol. The van der Waals surface area contributed by atoms with Crippen molar-refractivity contribution in [3.63, 3.8) is 0 Å². The average molecular weight is 349 g/mol. The fraction of sp³-hybridized carbons (Fsp3) is 0.238. The van der Waals surface area contributed by atoms with Crippen molar-refractivity contribution in [3.8, 4) is 11.3 Å². The summed E-state index contributed by atoms with van der Waals surface area (Å²) in [4.78, 5) is 0. The highest BCUT2D eigenvalue weighted by molar-refractivity contribution is 5.89. The monoisotopic (exact) mass is 349 g/mol. The van der Waals surface area contributed by atoms with Gasteiger partial charge in [0.1, 0.15) is 5.71 Å². The number of nitrogens with zero attached hydrogens (tertiary/aromatic N) is 3. The van der Waals surface area contributed by atoms with E-state index in [0.29, 0.717) is 23.7 Å². The van der Waals surface area contributed by atoms with Gasteiger partial charge in [0.2, 0.25) is 0 Å². The maximum atomic E-state index is 12.9. The van der Waals surface area contributed by atoms with Crippen LogP contribution in [0.3, 0.4) is 0 Å². The zero-order chi connectivity index (χ0) is 18.7. The van der Waals surface area contributed by atoms with Gasteiger partial charge in [0.15, 0.2) is 17.4 Å². The van der Waals surface area contributed by atoms with Crippen molar-refractivity contribution in [2.75, 3.05) is 0 Å². The van der Waals surface area contributed by atoms with E-state index in [-0.39, 0.29) is 6.04 Å². The van der Waals surface area contributed by atoms with Gasteiger partial charge in [-0.1, -0.05) is 72.7 Å². The lowest BCUT2D eigenvalue weighted by Gasteiger charge is -2.18. The molecule has 5 nitrogen and oxygen atoms in total. The Morgan fingerprint density at radius 1 is 1.12 bits per heavy atom. The third-order valence-electron chi connectivity index (χ3n) is 4.69. The van der Waals surface area contributed by atoms with E-state index >= 15 is 0 Å². The summed E-state index contributed by atoms with van der Waals surface area (Å²) in [6.07, 6.45) is 0.569. The molecule has 0 aliphatic heterocycles. The lowest BCUT2D eigenvalue weighted by molar-refractivity contribution is -0.619. The van der Waals surface area contributed by atoms with Crippen LogP contribution in [-0.2, 0) is 6.42 Å². The Hall–Kier alpha value is -3.08. The molecule has 3 aromatic rings. The second kappa shape index (κ2) is 7.44. The highest BCUT2D eigenvalue weighted by Crippen LogP contribution is 2.31. The molecular weight excluding hydrogens is 326 g/mol. The highest BCUT2D eigenvalue weighted by Gasteiger charge is 2.33. The van der Waals surface area contributed by atoms with E-state index in [2.05, 4.69) is 5.16 Å². The van der Waals surface area contributed by atoms with Crippen LogP contribution in [0, 0.1) is 12.1 Å². The zero-order valence-electron chi connectivity index (χ0n) is 15.3. The molecule has 1 aromatic heterocycles. The van der Waals surface area contributed by atoms with Crippen molar-refractivity contribution in [1.82, 2.24) is 4.57 Å². The normalized spacial score (nSPS) is 13.0. The molecule has 26 heavy (non-hydrogen) atoms. The van der Waals surface area contributed by atoms with Crippen LogP contribution in [0.15, 0.2) is 65.8 Å². The predicted octanol–water partition coefficient (Wildman–Crippen LogP) is 4.10. The summed E-state index contributed by atoms with van der Waals surface area (Å²) < 4.78 is 2.99. The molecule has 0 spiro atoms. The van der Waals surface area contributed by atoms with Gasteiger partial charge in [0.05, 0.1) is 0 Å². The van der Waals surface area contributed by atoms with E-state index in [1.54, 1.807) is 6.92 Å². The fourth-order valence-electron chi connectivity index (χ4n) is 3.49. The first-order valence-electron chi connectivity index (χ1n) is 8.72. The van der Waals surface area contributed by atoms with Gasteiger partial charge in [-0.2, -0.15) is 0 Å². The largest absolute Gasteiger partial charge is 0.711 e. The van der Waals surface area contributed by atoms with Crippen LogP contribution in [0.1, 0.15) is 37.0 Å². The molecule has 5 heteroatoms. The number of rotatable bonds is 5. The van der Waals surface area contributed by atoms with E-state index in [1.165, 1.54) is 0 Å². The molecule has 0 saturated carbocycles. The summed E-state index contributed by atoms with van der Waals surface area (Å²) in [6, 6.07) is 19.3. The van der Waals surface area contributed by atoms with E-state index in [0.717, 1.165) is 21.6 Å². The molecule has 0 unspecified atom stereocenters. The molecule has 1 atom stereocenters. The molecule has 3 rings (SSSR count). The molecule has 0 radical (unpaired) electrons. The maximum absolute atomic E-state index is 12.9. The van der Waals surface area contributed by atoms with Gasteiger partial charge in [-0.3, -0.25) is 0 Å². The summed E-state index contributed by atoms with van der Waals surface area (Å²) in [5.41, 5.74) is 3.93. The van der Waals surface area contributed by atoms with Crippen molar-refractivity contribution >= 4 is 5.71 Å². The second-order valence-electron chi connectivity index (χ2n) is 6.29. The Labute approximate surface area is 153 Å². The quantitative estimate of drug-likeness (QED) is 0.248. The van der Waals surface area contributed by atoms with Crippen molar-refractivity contribution in [2.24, 2.45) is 5.16 Å². The van der Waals surface area contributed by atoms with Crippen LogP contribution in [0.2, 0.25) is 0 Å². The van der Waals surface area contributed by atoms with Gasteiger partial charge >= 0.3 is 0 Å². The van der Waals surface area contributed by atoms with Gasteiger partial charge in [0.25, 0.3) is 5.82 Å². The van der Waals surface area contributed by atoms with E-state index in [9.17, 15) is 10.4 Å². The van der Waals surface area contributed by atoms with Crippen LogP contribution in [0.4, 0.5) is 0 Å². The average Bonchev–Trinajstić information content (AvgIpc) is 2.93. The van der Waals surface area contributed by atoms with Crippen LogP contribution in [-0.4, -0.2) is 15.5 Å². The molecule has 2 aromatic carbocycles. The van der Waals surface area contributed by atoms with Gasteiger partial charge in [0, 0.05) is 24.5 Å². The SMILES string of the molecule is CCc1n([C@@H](/C(C)=N\O)c2ccccc2)c(-c2ccccc2)c(C)[n+]1[O-]. The first-order chi connectivity index (χ1) is 12.6. The minimum atomic E-state index is -0.361. The Balaban J connectivity index is 2.36. The lowest BCUT2D eigenvalue weighted by Crippen LogP contribution is -2.34. The molecule has 0 fully saturated rings. The molecular formula is C21H23N3O2. The molecule has 0 aliphatic carbocycles. The van der Waals surface area contributed by atoms with E-state index in [1.807, 2.05) is 79.1 Å². The molecule has 0 aliphatic rings. The lowest BCUT2D eigenvalue weighted by atomic mass is 10.0. The van der Waals surface area contributed by atoms with Gasteiger partial charge in [-0.25, -0.2) is 9.30 Å². The maximum Gasteiger partial charge on any atom is 0.260 e. The van der Waals surface area contributed by atoms with Crippen molar-refractivity contribution in [3.05, 3.63) is 83.0 Å². The number of hydrogen-bond donors (Lipinski definition) is 1. The Kier molecular flexibility index (Phi) is 5.07. The fourth-order valence-corrected chi connectivity index (χ4v) is 3.49. The number of hydrogen-bond acceptors (Lipinski definition) is 3. The summed E-state index contributed by atoms with van der Waals surface area (Å²) in [7, 11) is 0. The second-order valence-corrected chi connectivity index (χ2v) is 6.29. The Morgan fingerprint density at radius 2 is 1.69 bits per heavy atom. The minimum Gasteiger partial charge on any atom is -0.711 e. The van der Waals surface area contributed by atoms with Gasteiger partial charge < -0.3 is 10.4 Å². The molecule has 0 saturated heterocycles. The number of oxime groups is 1. The molecule has 1 heterocycles. The van der Waals surface area contributed by atoms with Gasteiger partial charge in [-0.05, 0) is 6.92 Å². The smallest absolute Gasteiger partial charge is 0.260 e. The topological polar surface area (TPSA) is 64.5 Å². The van der Waals surface area contributed by atoms with Crippen molar-refractivity contribution < 1.29 is 9.94 Å². The molecule has 1 N–H and O–H groups in total. The first-order valence-corrected chi connectivity index (χ1v) is 8.72. The van der Waals surface area contributed by atoms with Crippen molar-refractivity contribution in [2.45, 2.75) is 33.2 Å². The van der Waals surface area contributed by atoms with Gasteiger partial charge in [-0.15, -0.1) is 0 Å². The van der Waals surface area contributed by atoms with Crippen LogP contribution >= 0.6 is 0 Å². The van der Waals surface area contributed by atoms with E-state index < -0.39 is 0 Å². The third kappa shape index (κ3) is 2.96. The van der Waals surface area contributed by atoms with Crippen LogP contribution in [0.25, 0.3) is 11.3 Å². The number of aromatic nitrogens is 2. The van der Waals surface area contributed by atoms with Crippen LogP contribution in [0.5, 0.6) is 0 Å². The molecule has 0 bridgehead atoms. The minimum absolute atomic E-state index is 0.361. The Morgan fingerprint density at radius 3 is 2.23 bits per heavy atom. The number of imidazole rings is 1. The summed E-state index contributed by atoms with van der Waals surface area (Å²) in [6.45, 7) is 5.57. The first kappa shape index (κ1) is 17.7. The Bertz CT molecular complexity index is 915. The van der Waals surface area contributed by atoms with Crippen molar-refractivity contribution in [1.29, 1.82) is 0 Å². The molecule has 0 amide bonds. The van der Waals surface area contributed by atoms with Crippen LogP contribution < -0.4 is 4.73 Å². The third-order valence-corrected chi connectivity index (χ3v) is 4.69.